The molecule has 2 N–H and O–H groups in total. The molecule has 0 aromatic rings. The Hall–Kier alpha value is -0.430. The molecular formula is C12H21NO4S. The molecule has 0 radical (unpaired) electrons. The number of aliphatic hydroxyl groups is 1. The molecule has 0 spiro atoms. The third-order valence-corrected chi connectivity index (χ3v) is 4.77. The summed E-state index contributed by atoms with van der Waals surface area (Å²) >= 11 is 0. The SMILES string of the molecule is O=S1(=O)C=CC(NCC(O)COC2CCCC2)C1. The van der Waals surface area contributed by atoms with Crippen LogP contribution in [0.1, 0.15) is 25.7 Å². The van der Waals surface area contributed by atoms with E-state index in [4.69, 9.17) is 4.74 Å². The maximum atomic E-state index is 11.2. The van der Waals surface area contributed by atoms with E-state index in [2.05, 4.69) is 5.32 Å². The molecule has 2 aliphatic rings. The normalized spacial score (nSPS) is 28.8. The Morgan fingerprint density at radius 1 is 1.39 bits per heavy atom. The van der Waals surface area contributed by atoms with Gasteiger partial charge < -0.3 is 15.2 Å². The maximum absolute atomic E-state index is 11.2. The van der Waals surface area contributed by atoms with E-state index in [1.807, 2.05) is 0 Å². The van der Waals surface area contributed by atoms with Gasteiger partial charge in [0.15, 0.2) is 9.84 Å². The average molecular weight is 275 g/mol. The third-order valence-electron chi connectivity index (χ3n) is 3.37. The van der Waals surface area contributed by atoms with Crippen LogP contribution in [-0.4, -0.2) is 50.7 Å². The summed E-state index contributed by atoms with van der Waals surface area (Å²) in [6.45, 7) is 0.679. The lowest BCUT2D eigenvalue weighted by atomic mass is 10.3. The van der Waals surface area contributed by atoms with Crippen LogP contribution >= 0.6 is 0 Å². The summed E-state index contributed by atoms with van der Waals surface area (Å²) < 4.78 is 27.9. The van der Waals surface area contributed by atoms with Crippen LogP contribution in [-0.2, 0) is 14.6 Å². The molecule has 0 saturated heterocycles. The van der Waals surface area contributed by atoms with Crippen molar-refractivity contribution in [3.05, 3.63) is 11.5 Å². The number of rotatable bonds is 6. The summed E-state index contributed by atoms with van der Waals surface area (Å²) in [6, 6.07) is -0.184. The molecule has 1 heterocycles. The van der Waals surface area contributed by atoms with Crippen LogP contribution in [0.15, 0.2) is 11.5 Å². The van der Waals surface area contributed by atoms with Gasteiger partial charge in [0.25, 0.3) is 0 Å². The van der Waals surface area contributed by atoms with E-state index in [0.29, 0.717) is 19.3 Å². The molecule has 0 bridgehead atoms. The molecule has 104 valence electrons. The molecule has 1 fully saturated rings. The lowest BCUT2D eigenvalue weighted by molar-refractivity contribution is -0.00568. The fourth-order valence-corrected chi connectivity index (χ4v) is 3.62. The molecule has 2 rings (SSSR count). The molecule has 0 aromatic carbocycles. The van der Waals surface area contributed by atoms with Gasteiger partial charge in [-0.2, -0.15) is 0 Å². The van der Waals surface area contributed by atoms with Crippen LogP contribution in [0.3, 0.4) is 0 Å². The molecule has 1 aliphatic heterocycles. The predicted molar refractivity (Wildman–Crippen MR) is 68.9 cm³/mol. The number of hydrogen-bond donors (Lipinski definition) is 2. The zero-order valence-electron chi connectivity index (χ0n) is 10.4. The van der Waals surface area contributed by atoms with Crippen LogP contribution in [0.5, 0.6) is 0 Å². The highest BCUT2D eigenvalue weighted by atomic mass is 32.2. The molecular weight excluding hydrogens is 254 g/mol. The number of nitrogens with one attached hydrogen (secondary N) is 1. The number of ether oxygens (including phenoxy) is 1. The molecule has 18 heavy (non-hydrogen) atoms. The average Bonchev–Trinajstić information content (AvgIpc) is 2.93. The zero-order chi connectivity index (χ0) is 13.0. The summed E-state index contributed by atoms with van der Waals surface area (Å²) in [5, 5.41) is 14.0. The van der Waals surface area contributed by atoms with Crippen molar-refractivity contribution in [1.82, 2.24) is 5.32 Å². The minimum Gasteiger partial charge on any atom is -0.389 e. The van der Waals surface area contributed by atoms with Crippen LogP contribution in [0, 0.1) is 0 Å². The zero-order valence-corrected chi connectivity index (χ0v) is 11.2. The van der Waals surface area contributed by atoms with E-state index in [-0.39, 0.29) is 11.8 Å². The smallest absolute Gasteiger partial charge is 0.173 e. The monoisotopic (exact) mass is 275 g/mol. The van der Waals surface area contributed by atoms with E-state index in [1.165, 1.54) is 18.2 Å². The first-order chi connectivity index (χ1) is 8.55. The van der Waals surface area contributed by atoms with Crippen LogP contribution in [0.4, 0.5) is 0 Å². The van der Waals surface area contributed by atoms with Crippen molar-refractivity contribution in [3.63, 3.8) is 0 Å². The van der Waals surface area contributed by atoms with Crippen molar-refractivity contribution in [1.29, 1.82) is 0 Å². The fourth-order valence-electron chi connectivity index (χ4n) is 2.35. The molecule has 0 aromatic heterocycles. The van der Waals surface area contributed by atoms with Crippen molar-refractivity contribution in [2.45, 2.75) is 43.9 Å². The first-order valence-corrected chi connectivity index (χ1v) is 8.21. The lowest BCUT2D eigenvalue weighted by Gasteiger charge is -2.17. The largest absolute Gasteiger partial charge is 0.389 e. The standard InChI is InChI=1S/C12H21NO4S/c14-11(8-17-12-3-1-2-4-12)7-13-10-5-6-18(15,16)9-10/h5-6,10-14H,1-4,7-9H2. The molecule has 2 unspecified atom stereocenters. The minimum atomic E-state index is -3.02. The second-order valence-electron chi connectivity index (χ2n) is 5.07. The maximum Gasteiger partial charge on any atom is 0.173 e. The van der Waals surface area contributed by atoms with Crippen LogP contribution < -0.4 is 5.32 Å². The second kappa shape index (κ2) is 6.14. The van der Waals surface area contributed by atoms with Gasteiger partial charge in [-0.25, -0.2) is 8.42 Å². The van der Waals surface area contributed by atoms with Gasteiger partial charge in [-0.05, 0) is 12.8 Å². The lowest BCUT2D eigenvalue weighted by Crippen LogP contribution is -2.38. The molecule has 1 aliphatic carbocycles. The van der Waals surface area contributed by atoms with Crippen molar-refractivity contribution < 1.29 is 18.3 Å². The number of sulfone groups is 1. The van der Waals surface area contributed by atoms with Crippen molar-refractivity contribution in [2.24, 2.45) is 0 Å². The summed E-state index contributed by atoms with van der Waals surface area (Å²) in [7, 11) is -3.02. The quantitative estimate of drug-likeness (QED) is 0.724. The van der Waals surface area contributed by atoms with Gasteiger partial charge >= 0.3 is 0 Å². The number of hydrogen-bond acceptors (Lipinski definition) is 5. The van der Waals surface area contributed by atoms with Gasteiger partial charge in [-0.1, -0.05) is 18.9 Å². The van der Waals surface area contributed by atoms with E-state index in [0.717, 1.165) is 12.8 Å². The topological polar surface area (TPSA) is 75.6 Å². The minimum absolute atomic E-state index is 0.0865. The molecule has 1 saturated carbocycles. The predicted octanol–water partition coefficient (Wildman–Crippen LogP) is 0.207. The Morgan fingerprint density at radius 2 is 2.11 bits per heavy atom. The van der Waals surface area contributed by atoms with E-state index >= 15 is 0 Å². The fraction of sp³-hybridized carbons (Fsp3) is 0.833. The van der Waals surface area contributed by atoms with Crippen molar-refractivity contribution in [3.8, 4) is 0 Å². The Bertz CT molecular complexity index is 387. The Labute approximate surface area is 108 Å². The Morgan fingerprint density at radius 3 is 2.72 bits per heavy atom. The molecule has 6 heteroatoms. The Kier molecular flexibility index (Phi) is 4.77. The van der Waals surface area contributed by atoms with Crippen LogP contribution in [0.25, 0.3) is 0 Å². The van der Waals surface area contributed by atoms with Gasteiger partial charge in [0, 0.05) is 18.0 Å². The summed E-state index contributed by atoms with van der Waals surface area (Å²) in [5.74, 6) is 0.0865. The van der Waals surface area contributed by atoms with Gasteiger partial charge in [0.1, 0.15) is 0 Å². The van der Waals surface area contributed by atoms with Crippen molar-refractivity contribution >= 4 is 9.84 Å². The highest BCUT2D eigenvalue weighted by Gasteiger charge is 2.22. The first-order valence-electron chi connectivity index (χ1n) is 6.49. The summed E-state index contributed by atoms with van der Waals surface area (Å²) in [4.78, 5) is 0. The third kappa shape index (κ3) is 4.35. The molecule has 5 nitrogen and oxygen atoms in total. The van der Waals surface area contributed by atoms with Crippen LogP contribution in [0.2, 0.25) is 0 Å². The Balaban J connectivity index is 1.60. The van der Waals surface area contributed by atoms with E-state index in [1.54, 1.807) is 6.08 Å². The summed E-state index contributed by atoms with van der Waals surface area (Å²) in [6.07, 6.45) is 5.94. The van der Waals surface area contributed by atoms with Gasteiger partial charge in [-0.3, -0.25) is 0 Å². The first kappa shape index (κ1) is 14.0. The molecule has 2 atom stereocenters. The van der Waals surface area contributed by atoms with Gasteiger partial charge in [0.05, 0.1) is 24.6 Å². The van der Waals surface area contributed by atoms with Crippen molar-refractivity contribution in [2.75, 3.05) is 18.9 Å². The second-order valence-corrected chi connectivity index (χ2v) is 7.00. The van der Waals surface area contributed by atoms with Gasteiger partial charge in [0.2, 0.25) is 0 Å². The van der Waals surface area contributed by atoms with Gasteiger partial charge in [-0.15, -0.1) is 0 Å². The van der Waals surface area contributed by atoms with E-state index in [9.17, 15) is 13.5 Å². The number of aliphatic hydroxyl groups excluding tert-OH is 1. The van der Waals surface area contributed by atoms with E-state index < -0.39 is 15.9 Å². The highest BCUT2D eigenvalue weighted by molar-refractivity contribution is 7.94. The summed E-state index contributed by atoms with van der Waals surface area (Å²) in [5.41, 5.74) is 0. The molecule has 0 amide bonds. The highest BCUT2D eigenvalue weighted by Crippen LogP contribution is 2.20.